The molecule has 6 nitrogen and oxygen atoms in total. The van der Waals surface area contributed by atoms with Crippen molar-refractivity contribution in [3.8, 4) is 0 Å². The van der Waals surface area contributed by atoms with Crippen LogP contribution in [0.25, 0.3) is 5.65 Å². The predicted octanol–water partition coefficient (Wildman–Crippen LogP) is 0.656. The van der Waals surface area contributed by atoms with Crippen molar-refractivity contribution in [3.05, 3.63) is 30.2 Å². The minimum atomic E-state index is -3.05. The molecule has 106 valence electrons. The molecule has 0 radical (unpaired) electrons. The van der Waals surface area contributed by atoms with Gasteiger partial charge in [0.1, 0.15) is 5.60 Å². The van der Waals surface area contributed by atoms with Gasteiger partial charge in [0.05, 0.1) is 22.4 Å². The highest BCUT2D eigenvalue weighted by Crippen LogP contribution is 2.47. The third-order valence-electron chi connectivity index (χ3n) is 4.63. The van der Waals surface area contributed by atoms with E-state index in [4.69, 9.17) is 0 Å². The average Bonchev–Trinajstić information content (AvgIpc) is 2.88. The van der Waals surface area contributed by atoms with Crippen LogP contribution in [0.1, 0.15) is 31.4 Å². The SMILES string of the molecule is O=S1(=O)C2CCC1CC(O)(c1cnc3cccnn13)C2. The first kappa shape index (κ1) is 12.3. The summed E-state index contributed by atoms with van der Waals surface area (Å²) in [7, 11) is -3.05. The first-order valence-electron chi connectivity index (χ1n) is 6.75. The molecule has 2 aromatic rings. The molecule has 4 rings (SSSR count). The molecule has 2 aliphatic heterocycles. The van der Waals surface area contributed by atoms with E-state index in [2.05, 4.69) is 10.1 Å². The first-order valence-corrected chi connectivity index (χ1v) is 8.36. The number of nitrogens with zero attached hydrogens (tertiary/aromatic N) is 3. The van der Waals surface area contributed by atoms with Crippen molar-refractivity contribution in [1.29, 1.82) is 0 Å². The number of imidazole rings is 1. The average molecular weight is 293 g/mol. The predicted molar refractivity (Wildman–Crippen MR) is 71.8 cm³/mol. The summed E-state index contributed by atoms with van der Waals surface area (Å²) in [6.45, 7) is 0. The van der Waals surface area contributed by atoms with Gasteiger partial charge in [-0.2, -0.15) is 5.10 Å². The topological polar surface area (TPSA) is 84.6 Å². The molecular formula is C13H15N3O3S. The van der Waals surface area contributed by atoms with Crippen LogP contribution in [0.4, 0.5) is 0 Å². The minimum absolute atomic E-state index is 0.246. The van der Waals surface area contributed by atoms with E-state index < -0.39 is 25.9 Å². The van der Waals surface area contributed by atoms with Crippen LogP contribution in [-0.4, -0.2) is 38.6 Å². The number of hydrogen-bond donors (Lipinski definition) is 1. The van der Waals surface area contributed by atoms with Gasteiger partial charge in [-0.05, 0) is 37.8 Å². The van der Waals surface area contributed by atoms with Gasteiger partial charge in [-0.3, -0.25) is 0 Å². The Balaban J connectivity index is 1.83. The molecule has 2 aromatic heterocycles. The lowest BCUT2D eigenvalue weighted by atomic mass is 9.90. The van der Waals surface area contributed by atoms with E-state index in [0.717, 1.165) is 0 Å². The Morgan fingerprint density at radius 1 is 1.30 bits per heavy atom. The van der Waals surface area contributed by atoms with Crippen molar-refractivity contribution in [3.63, 3.8) is 0 Å². The molecular weight excluding hydrogens is 278 g/mol. The van der Waals surface area contributed by atoms with Crippen molar-refractivity contribution >= 4 is 15.5 Å². The summed E-state index contributed by atoms with van der Waals surface area (Å²) in [6, 6.07) is 3.60. The molecule has 20 heavy (non-hydrogen) atoms. The molecule has 2 saturated heterocycles. The molecule has 7 heteroatoms. The Morgan fingerprint density at radius 2 is 2.00 bits per heavy atom. The maximum absolute atomic E-state index is 12.1. The molecule has 0 amide bonds. The highest BCUT2D eigenvalue weighted by Gasteiger charge is 2.54. The van der Waals surface area contributed by atoms with Crippen LogP contribution in [0.15, 0.2) is 24.5 Å². The third kappa shape index (κ3) is 1.50. The lowest BCUT2D eigenvalue weighted by Crippen LogP contribution is -2.43. The smallest absolute Gasteiger partial charge is 0.156 e. The van der Waals surface area contributed by atoms with Gasteiger partial charge in [-0.25, -0.2) is 17.9 Å². The standard InChI is InChI=1S/C13H15N3O3S/c17-13(6-9-3-4-10(7-13)20(9,18)19)11-8-14-12-2-1-5-15-16(11)12/h1-2,5,8-10,17H,3-4,6-7H2. The number of fused-ring (bicyclic) bond motifs is 3. The van der Waals surface area contributed by atoms with E-state index in [1.165, 1.54) is 0 Å². The van der Waals surface area contributed by atoms with Crippen molar-refractivity contribution in [2.75, 3.05) is 0 Å². The van der Waals surface area contributed by atoms with Crippen LogP contribution >= 0.6 is 0 Å². The van der Waals surface area contributed by atoms with Crippen LogP contribution in [-0.2, 0) is 15.4 Å². The molecule has 0 aliphatic carbocycles. The number of sulfone groups is 1. The maximum Gasteiger partial charge on any atom is 0.156 e. The summed E-state index contributed by atoms with van der Waals surface area (Å²) < 4.78 is 25.9. The van der Waals surface area contributed by atoms with Crippen LogP contribution in [0.3, 0.4) is 0 Å². The Hall–Kier alpha value is -1.47. The van der Waals surface area contributed by atoms with Crippen LogP contribution < -0.4 is 0 Å². The summed E-state index contributed by atoms with van der Waals surface area (Å²) in [5, 5.41) is 14.3. The van der Waals surface area contributed by atoms with Crippen molar-refractivity contribution in [2.24, 2.45) is 0 Å². The zero-order chi connectivity index (χ0) is 14.0. The quantitative estimate of drug-likeness (QED) is 0.835. The zero-order valence-corrected chi connectivity index (χ0v) is 11.6. The summed E-state index contributed by atoms with van der Waals surface area (Å²) in [6.07, 6.45) is 5.04. The van der Waals surface area contributed by atoms with E-state index in [0.29, 0.717) is 24.2 Å². The van der Waals surface area contributed by atoms with E-state index >= 15 is 0 Å². The van der Waals surface area contributed by atoms with Crippen molar-refractivity contribution in [2.45, 2.75) is 41.8 Å². The Morgan fingerprint density at radius 3 is 2.70 bits per heavy atom. The molecule has 2 bridgehead atoms. The van der Waals surface area contributed by atoms with Crippen LogP contribution in [0, 0.1) is 0 Å². The fourth-order valence-corrected chi connectivity index (χ4v) is 6.09. The molecule has 0 aromatic carbocycles. The number of hydrogen-bond acceptors (Lipinski definition) is 5. The second-order valence-corrected chi connectivity index (χ2v) is 8.30. The molecule has 2 fully saturated rings. The Bertz CT molecular complexity index is 763. The van der Waals surface area contributed by atoms with Crippen LogP contribution in [0.2, 0.25) is 0 Å². The fraction of sp³-hybridized carbons (Fsp3) is 0.538. The monoisotopic (exact) mass is 293 g/mol. The Labute approximate surface area is 116 Å². The Kier molecular flexibility index (Phi) is 2.33. The van der Waals surface area contributed by atoms with Gasteiger partial charge in [0.15, 0.2) is 15.5 Å². The summed E-state index contributed by atoms with van der Waals surface area (Å²) >= 11 is 0. The lowest BCUT2D eigenvalue weighted by Gasteiger charge is -2.35. The molecule has 2 aliphatic rings. The van der Waals surface area contributed by atoms with E-state index in [1.807, 2.05) is 6.07 Å². The number of aliphatic hydroxyl groups is 1. The fourth-order valence-electron chi connectivity index (χ4n) is 3.60. The van der Waals surface area contributed by atoms with Gasteiger partial charge in [0.25, 0.3) is 0 Å². The molecule has 1 N–H and O–H groups in total. The summed E-state index contributed by atoms with van der Waals surface area (Å²) in [5.41, 5.74) is 0.113. The van der Waals surface area contributed by atoms with Gasteiger partial charge in [0.2, 0.25) is 0 Å². The molecule has 2 atom stereocenters. The van der Waals surface area contributed by atoms with E-state index in [9.17, 15) is 13.5 Å². The molecule has 2 unspecified atom stereocenters. The van der Waals surface area contributed by atoms with Gasteiger partial charge < -0.3 is 5.11 Å². The highest BCUT2D eigenvalue weighted by atomic mass is 32.2. The first-order chi connectivity index (χ1) is 9.51. The lowest BCUT2D eigenvalue weighted by molar-refractivity contribution is 0.0114. The number of aromatic nitrogens is 3. The largest absolute Gasteiger partial charge is 0.383 e. The summed E-state index contributed by atoms with van der Waals surface area (Å²) in [5.74, 6) is 0. The van der Waals surface area contributed by atoms with Crippen molar-refractivity contribution < 1.29 is 13.5 Å². The number of rotatable bonds is 1. The van der Waals surface area contributed by atoms with E-state index in [-0.39, 0.29) is 12.8 Å². The molecule has 4 heterocycles. The summed E-state index contributed by atoms with van der Waals surface area (Å²) in [4.78, 5) is 4.24. The molecule has 0 saturated carbocycles. The third-order valence-corrected chi connectivity index (χ3v) is 7.29. The second-order valence-electron chi connectivity index (χ2n) is 5.79. The highest BCUT2D eigenvalue weighted by molar-refractivity contribution is 7.93. The minimum Gasteiger partial charge on any atom is -0.383 e. The van der Waals surface area contributed by atoms with Gasteiger partial charge >= 0.3 is 0 Å². The van der Waals surface area contributed by atoms with Crippen LogP contribution in [0.5, 0.6) is 0 Å². The maximum atomic E-state index is 12.1. The van der Waals surface area contributed by atoms with Gasteiger partial charge in [0, 0.05) is 6.20 Å². The second kappa shape index (κ2) is 3.79. The normalized spacial score (nSPS) is 35.5. The van der Waals surface area contributed by atoms with Gasteiger partial charge in [-0.1, -0.05) is 0 Å². The molecule has 0 spiro atoms. The van der Waals surface area contributed by atoms with Gasteiger partial charge in [-0.15, -0.1) is 0 Å². The van der Waals surface area contributed by atoms with E-state index in [1.54, 1.807) is 23.0 Å². The van der Waals surface area contributed by atoms with Crippen molar-refractivity contribution in [1.82, 2.24) is 14.6 Å². The zero-order valence-electron chi connectivity index (χ0n) is 10.8.